The summed E-state index contributed by atoms with van der Waals surface area (Å²) in [7, 11) is 1.78. The molecule has 0 aromatic heterocycles. The van der Waals surface area contributed by atoms with Gasteiger partial charge in [0.15, 0.2) is 0 Å². The Bertz CT molecular complexity index is 527. The third kappa shape index (κ3) is 6.36. The topological polar surface area (TPSA) is 61.4 Å². The largest absolute Gasteiger partial charge is 0.335 e. The fraction of sp³-hybridized carbons (Fsp3) is 0.529. The van der Waals surface area contributed by atoms with Gasteiger partial charge in [-0.2, -0.15) is 0 Å². The Morgan fingerprint density at radius 3 is 2.48 bits per heavy atom. The summed E-state index contributed by atoms with van der Waals surface area (Å²) in [5.41, 5.74) is 0.911. The normalized spacial score (nSPS) is 15.4. The average molecular weight is 321 g/mol. The second-order valence-electron chi connectivity index (χ2n) is 6.16. The molecule has 0 bridgehead atoms. The van der Waals surface area contributed by atoms with E-state index in [1.54, 1.807) is 24.1 Å². The molecule has 0 unspecified atom stereocenters. The van der Waals surface area contributed by atoms with Gasteiger partial charge in [-0.25, -0.2) is 9.18 Å². The maximum Gasteiger partial charge on any atom is 0.321 e. The standard InChI is InChI=1S/C17H24FN3O2/c1-21(11-13-7-9-14(18)10-8-13)12-16(22)20-17(23)19-15-5-3-2-4-6-15/h7-10,15H,2-6,11-12H2,1H3,(H2,19,20,22,23). The van der Waals surface area contributed by atoms with Crippen LogP contribution in [-0.4, -0.2) is 36.5 Å². The lowest BCUT2D eigenvalue weighted by Gasteiger charge is -2.23. The summed E-state index contributed by atoms with van der Waals surface area (Å²) >= 11 is 0. The van der Waals surface area contributed by atoms with Crippen LogP contribution in [0.1, 0.15) is 37.7 Å². The van der Waals surface area contributed by atoms with E-state index in [0.717, 1.165) is 31.2 Å². The Kier molecular flexibility index (Phi) is 6.52. The van der Waals surface area contributed by atoms with E-state index in [0.29, 0.717) is 6.54 Å². The summed E-state index contributed by atoms with van der Waals surface area (Å²) < 4.78 is 12.8. The van der Waals surface area contributed by atoms with Gasteiger partial charge in [-0.1, -0.05) is 31.4 Å². The first-order valence-corrected chi connectivity index (χ1v) is 8.06. The van der Waals surface area contributed by atoms with Gasteiger partial charge in [0, 0.05) is 12.6 Å². The summed E-state index contributed by atoms with van der Waals surface area (Å²) in [6.07, 6.45) is 5.42. The van der Waals surface area contributed by atoms with E-state index >= 15 is 0 Å². The molecule has 1 fully saturated rings. The molecule has 3 amide bonds. The molecule has 1 aliphatic rings. The minimum atomic E-state index is -0.419. The van der Waals surface area contributed by atoms with Gasteiger partial charge in [0.05, 0.1) is 6.54 Å². The first-order valence-electron chi connectivity index (χ1n) is 8.06. The van der Waals surface area contributed by atoms with Gasteiger partial charge in [-0.05, 0) is 37.6 Å². The maximum atomic E-state index is 12.8. The number of nitrogens with zero attached hydrogens (tertiary/aromatic N) is 1. The van der Waals surface area contributed by atoms with Crippen LogP contribution in [0.5, 0.6) is 0 Å². The van der Waals surface area contributed by atoms with E-state index in [9.17, 15) is 14.0 Å². The van der Waals surface area contributed by atoms with E-state index in [2.05, 4.69) is 10.6 Å². The third-order valence-corrected chi connectivity index (χ3v) is 3.97. The molecule has 0 radical (unpaired) electrons. The van der Waals surface area contributed by atoms with Crippen molar-refractivity contribution in [2.75, 3.05) is 13.6 Å². The first kappa shape index (κ1) is 17.4. The number of carbonyl (C=O) groups is 2. The fourth-order valence-electron chi connectivity index (χ4n) is 2.84. The molecule has 5 nitrogen and oxygen atoms in total. The molecule has 0 aliphatic heterocycles. The molecular formula is C17H24FN3O2. The minimum Gasteiger partial charge on any atom is -0.335 e. The van der Waals surface area contributed by atoms with Crippen LogP contribution in [0, 0.1) is 5.82 Å². The summed E-state index contributed by atoms with van der Waals surface area (Å²) in [6.45, 7) is 0.618. The molecule has 0 heterocycles. The highest BCUT2D eigenvalue weighted by molar-refractivity contribution is 5.95. The van der Waals surface area contributed by atoms with Gasteiger partial charge in [0.1, 0.15) is 5.82 Å². The summed E-state index contributed by atoms with van der Waals surface area (Å²) in [5.74, 6) is -0.628. The quantitative estimate of drug-likeness (QED) is 0.875. The van der Waals surface area contributed by atoms with Crippen molar-refractivity contribution >= 4 is 11.9 Å². The molecule has 2 rings (SSSR count). The highest BCUT2D eigenvalue weighted by Crippen LogP contribution is 2.17. The average Bonchev–Trinajstić information content (AvgIpc) is 2.50. The Labute approximate surface area is 136 Å². The highest BCUT2D eigenvalue weighted by atomic mass is 19.1. The number of carbonyl (C=O) groups excluding carboxylic acids is 2. The van der Waals surface area contributed by atoms with Crippen LogP contribution in [0.15, 0.2) is 24.3 Å². The number of rotatable bonds is 5. The molecule has 0 saturated heterocycles. The van der Waals surface area contributed by atoms with Crippen LogP contribution in [0.3, 0.4) is 0 Å². The van der Waals surface area contributed by atoms with E-state index < -0.39 is 6.03 Å². The van der Waals surface area contributed by atoms with Gasteiger partial charge in [-0.15, -0.1) is 0 Å². The highest BCUT2D eigenvalue weighted by Gasteiger charge is 2.17. The van der Waals surface area contributed by atoms with Crippen LogP contribution in [0.2, 0.25) is 0 Å². The lowest BCUT2D eigenvalue weighted by molar-refractivity contribution is -0.121. The Morgan fingerprint density at radius 1 is 1.17 bits per heavy atom. The van der Waals surface area contributed by atoms with Crippen molar-refractivity contribution in [1.29, 1.82) is 0 Å². The monoisotopic (exact) mass is 321 g/mol. The van der Waals surface area contributed by atoms with Crippen molar-refractivity contribution in [2.45, 2.75) is 44.7 Å². The molecule has 0 spiro atoms. The first-order chi connectivity index (χ1) is 11.0. The number of likely N-dealkylation sites (N-methyl/N-ethyl adjacent to an activating group) is 1. The molecule has 126 valence electrons. The Hall–Kier alpha value is -1.95. The molecule has 6 heteroatoms. The van der Waals surface area contributed by atoms with Crippen molar-refractivity contribution in [2.24, 2.45) is 0 Å². The lowest BCUT2D eigenvalue weighted by atomic mass is 9.96. The third-order valence-electron chi connectivity index (χ3n) is 3.97. The van der Waals surface area contributed by atoms with Crippen LogP contribution in [0.25, 0.3) is 0 Å². The van der Waals surface area contributed by atoms with Gasteiger partial charge in [-0.3, -0.25) is 15.0 Å². The van der Waals surface area contributed by atoms with Gasteiger partial charge in [0.25, 0.3) is 0 Å². The maximum absolute atomic E-state index is 12.8. The zero-order valence-electron chi connectivity index (χ0n) is 13.5. The van der Waals surface area contributed by atoms with E-state index in [-0.39, 0.29) is 24.3 Å². The van der Waals surface area contributed by atoms with Crippen molar-refractivity contribution < 1.29 is 14.0 Å². The molecule has 2 N–H and O–H groups in total. The van der Waals surface area contributed by atoms with E-state index in [4.69, 9.17) is 0 Å². The molecule has 1 aliphatic carbocycles. The lowest BCUT2D eigenvalue weighted by Crippen LogP contribution is -2.47. The second-order valence-corrected chi connectivity index (χ2v) is 6.16. The van der Waals surface area contributed by atoms with Gasteiger partial charge < -0.3 is 5.32 Å². The number of benzene rings is 1. The van der Waals surface area contributed by atoms with Crippen LogP contribution in [-0.2, 0) is 11.3 Å². The van der Waals surface area contributed by atoms with E-state index in [1.165, 1.54) is 18.6 Å². The zero-order chi connectivity index (χ0) is 16.7. The number of amides is 3. The number of halogens is 1. The zero-order valence-corrected chi connectivity index (χ0v) is 13.5. The molecule has 23 heavy (non-hydrogen) atoms. The van der Waals surface area contributed by atoms with Crippen molar-refractivity contribution in [1.82, 2.24) is 15.5 Å². The number of imide groups is 1. The van der Waals surface area contributed by atoms with Crippen molar-refractivity contribution in [3.8, 4) is 0 Å². The molecule has 1 aromatic carbocycles. The number of urea groups is 1. The van der Waals surface area contributed by atoms with Crippen molar-refractivity contribution in [3.05, 3.63) is 35.6 Å². The SMILES string of the molecule is CN(CC(=O)NC(=O)NC1CCCCC1)Cc1ccc(F)cc1. The van der Waals surface area contributed by atoms with E-state index in [1.807, 2.05) is 0 Å². The van der Waals surface area contributed by atoms with Gasteiger partial charge in [0.2, 0.25) is 5.91 Å². The number of nitrogens with one attached hydrogen (secondary N) is 2. The van der Waals surface area contributed by atoms with Crippen LogP contribution >= 0.6 is 0 Å². The molecule has 1 saturated carbocycles. The predicted octanol–water partition coefficient (Wildman–Crippen LogP) is 2.42. The second kappa shape index (κ2) is 8.62. The molecule has 0 atom stereocenters. The summed E-state index contributed by atoms with van der Waals surface area (Å²) in [5, 5.41) is 5.21. The number of hydrogen-bond acceptors (Lipinski definition) is 3. The summed E-state index contributed by atoms with van der Waals surface area (Å²) in [4.78, 5) is 25.4. The molecule has 1 aromatic rings. The minimum absolute atomic E-state index is 0.107. The predicted molar refractivity (Wildman–Crippen MR) is 86.3 cm³/mol. The van der Waals surface area contributed by atoms with Crippen molar-refractivity contribution in [3.63, 3.8) is 0 Å². The van der Waals surface area contributed by atoms with Crippen LogP contribution < -0.4 is 10.6 Å². The van der Waals surface area contributed by atoms with Crippen LogP contribution in [0.4, 0.5) is 9.18 Å². The fourth-order valence-corrected chi connectivity index (χ4v) is 2.84. The Morgan fingerprint density at radius 2 is 1.83 bits per heavy atom. The molecular weight excluding hydrogens is 297 g/mol. The van der Waals surface area contributed by atoms with Gasteiger partial charge >= 0.3 is 6.03 Å². The number of hydrogen-bond donors (Lipinski definition) is 2. The smallest absolute Gasteiger partial charge is 0.321 e. The Balaban J connectivity index is 1.70. The summed E-state index contributed by atoms with van der Waals surface area (Å²) in [6, 6.07) is 5.89.